The Morgan fingerprint density at radius 2 is 1.87 bits per heavy atom. The van der Waals surface area contributed by atoms with Gasteiger partial charge in [-0.3, -0.25) is 14.4 Å². The normalized spacial score (nSPS) is 19.0. The second kappa shape index (κ2) is 16.0. The van der Waals surface area contributed by atoms with Crippen molar-refractivity contribution < 1.29 is 24.6 Å². The maximum atomic E-state index is 14.1. The van der Waals surface area contributed by atoms with Crippen LogP contribution in [0, 0.1) is 5.92 Å². The highest BCUT2D eigenvalue weighted by atomic mass is 16.3. The van der Waals surface area contributed by atoms with Gasteiger partial charge >= 0.3 is 0 Å². The number of carbonyl (C=O) groups is 3. The highest BCUT2D eigenvalue weighted by molar-refractivity contribution is 6.08. The van der Waals surface area contributed by atoms with Gasteiger partial charge < -0.3 is 30.2 Å². The van der Waals surface area contributed by atoms with E-state index in [0.717, 1.165) is 24.0 Å². The summed E-state index contributed by atoms with van der Waals surface area (Å²) in [5.74, 6) is -1.34. The van der Waals surface area contributed by atoms with Crippen molar-refractivity contribution in [3.05, 3.63) is 95.1 Å². The van der Waals surface area contributed by atoms with Gasteiger partial charge in [-0.25, -0.2) is 0 Å². The zero-order valence-electron chi connectivity index (χ0n) is 27.5. The number of carbonyl (C=O) groups excluding carboxylic acids is 3. The van der Waals surface area contributed by atoms with Gasteiger partial charge in [0.15, 0.2) is 5.60 Å². The lowest BCUT2D eigenvalue weighted by Gasteiger charge is -2.30. The maximum Gasteiger partial charge on any atom is 0.264 e. The first-order chi connectivity index (χ1) is 22.1. The monoisotopic (exact) mass is 628 g/mol. The van der Waals surface area contributed by atoms with Gasteiger partial charge in [-0.05, 0) is 57.4 Å². The quantitative estimate of drug-likeness (QED) is 0.267. The molecular formula is C37H48N4O5. The van der Waals surface area contributed by atoms with E-state index in [2.05, 4.69) is 25.2 Å². The lowest BCUT2D eigenvalue weighted by molar-refractivity contribution is -0.139. The number of rotatable bonds is 14. The molecule has 1 fully saturated rings. The molecule has 246 valence electrons. The Hall–Kier alpha value is -4.05. The Labute approximate surface area is 272 Å². The molecule has 2 aliphatic heterocycles. The minimum absolute atomic E-state index is 0.0565. The van der Waals surface area contributed by atoms with Crippen LogP contribution in [-0.4, -0.2) is 72.2 Å². The van der Waals surface area contributed by atoms with E-state index in [1.807, 2.05) is 55.5 Å². The second-order valence-electron chi connectivity index (χ2n) is 12.4. The zero-order valence-corrected chi connectivity index (χ0v) is 27.5. The third kappa shape index (κ3) is 8.20. The summed E-state index contributed by atoms with van der Waals surface area (Å²) < 4.78 is 0. The van der Waals surface area contributed by atoms with Gasteiger partial charge in [-0.2, -0.15) is 0 Å². The largest absolute Gasteiger partial charge is 0.395 e. The molecule has 0 unspecified atom stereocenters. The van der Waals surface area contributed by atoms with Crippen molar-refractivity contribution in [2.24, 2.45) is 5.92 Å². The zero-order chi connectivity index (χ0) is 33.3. The number of hydrogen-bond donors (Lipinski definition) is 3. The van der Waals surface area contributed by atoms with Crippen LogP contribution >= 0.6 is 0 Å². The Bertz CT molecular complexity index is 1480. The molecule has 2 aromatic rings. The number of aliphatic hydroxyl groups is 2. The third-order valence-corrected chi connectivity index (χ3v) is 8.68. The molecule has 2 aliphatic rings. The van der Waals surface area contributed by atoms with E-state index >= 15 is 0 Å². The van der Waals surface area contributed by atoms with Gasteiger partial charge in [0.2, 0.25) is 11.8 Å². The van der Waals surface area contributed by atoms with Gasteiger partial charge in [0.05, 0.1) is 18.8 Å². The summed E-state index contributed by atoms with van der Waals surface area (Å²) in [7, 11) is 0. The van der Waals surface area contributed by atoms with E-state index in [9.17, 15) is 24.6 Å². The first-order valence-corrected chi connectivity index (χ1v) is 16.1. The molecule has 4 rings (SSSR count). The molecule has 3 N–H and O–H groups in total. The average Bonchev–Trinajstić information content (AvgIpc) is 3.26. The molecule has 0 spiro atoms. The van der Waals surface area contributed by atoms with E-state index in [0.29, 0.717) is 43.1 Å². The van der Waals surface area contributed by atoms with Crippen molar-refractivity contribution in [2.45, 2.75) is 59.1 Å². The van der Waals surface area contributed by atoms with Crippen LogP contribution in [0.3, 0.4) is 0 Å². The van der Waals surface area contributed by atoms with Gasteiger partial charge in [-0.1, -0.05) is 72.7 Å². The van der Waals surface area contributed by atoms with E-state index in [4.69, 9.17) is 0 Å². The molecule has 0 bridgehead atoms. The van der Waals surface area contributed by atoms with E-state index in [-0.39, 0.29) is 37.9 Å². The van der Waals surface area contributed by atoms with E-state index in [1.54, 1.807) is 39.8 Å². The van der Waals surface area contributed by atoms with Crippen LogP contribution in [0.1, 0.15) is 58.1 Å². The molecule has 9 heteroatoms. The van der Waals surface area contributed by atoms with Crippen molar-refractivity contribution in [3.63, 3.8) is 0 Å². The van der Waals surface area contributed by atoms with Crippen LogP contribution in [0.5, 0.6) is 0 Å². The molecule has 3 amide bonds. The van der Waals surface area contributed by atoms with Crippen LogP contribution in [0.15, 0.2) is 84.0 Å². The number of allylic oxidation sites excluding steroid dienone is 3. The van der Waals surface area contributed by atoms with Gasteiger partial charge in [0.1, 0.15) is 0 Å². The fourth-order valence-corrected chi connectivity index (χ4v) is 5.96. The van der Waals surface area contributed by atoms with Crippen LogP contribution in [0.4, 0.5) is 11.4 Å². The average molecular weight is 629 g/mol. The van der Waals surface area contributed by atoms with Gasteiger partial charge in [-0.15, -0.1) is 0 Å². The summed E-state index contributed by atoms with van der Waals surface area (Å²) >= 11 is 0. The Balaban J connectivity index is 1.58. The number of nitrogens with zero attached hydrogens (tertiary/aromatic N) is 3. The molecule has 2 atom stereocenters. The molecule has 9 nitrogen and oxygen atoms in total. The predicted octanol–water partition coefficient (Wildman–Crippen LogP) is 4.45. The Morgan fingerprint density at radius 1 is 1.11 bits per heavy atom. The fraction of sp³-hybridized carbons (Fsp3) is 0.432. The number of anilines is 2. The topological polar surface area (TPSA) is 113 Å². The summed E-state index contributed by atoms with van der Waals surface area (Å²) in [5, 5.41) is 24.9. The van der Waals surface area contributed by atoms with Gasteiger partial charge in [0, 0.05) is 56.3 Å². The summed E-state index contributed by atoms with van der Waals surface area (Å²) in [6, 6.07) is 15.0. The number of piperazine rings is 1. The summed E-state index contributed by atoms with van der Waals surface area (Å²) in [5.41, 5.74) is 3.19. The molecular weight excluding hydrogens is 580 g/mol. The van der Waals surface area contributed by atoms with Crippen LogP contribution in [-0.2, 0) is 26.5 Å². The lowest BCUT2D eigenvalue weighted by atomic mass is 9.82. The van der Waals surface area contributed by atoms with E-state index in [1.165, 1.54) is 5.57 Å². The lowest BCUT2D eigenvalue weighted by Crippen LogP contribution is -2.48. The molecule has 0 aliphatic carbocycles. The summed E-state index contributed by atoms with van der Waals surface area (Å²) in [6.07, 6.45) is 9.47. The van der Waals surface area contributed by atoms with Gasteiger partial charge in [0.25, 0.3) is 5.91 Å². The minimum Gasteiger partial charge on any atom is -0.395 e. The molecule has 0 saturated carbocycles. The molecule has 0 radical (unpaired) electrons. The smallest absolute Gasteiger partial charge is 0.264 e. The minimum atomic E-state index is -1.89. The van der Waals surface area contributed by atoms with Crippen molar-refractivity contribution in [1.29, 1.82) is 0 Å². The highest BCUT2D eigenvalue weighted by Gasteiger charge is 2.52. The number of nitrogens with one attached hydrogen (secondary N) is 1. The summed E-state index contributed by atoms with van der Waals surface area (Å²) in [4.78, 5) is 44.8. The number of fused-ring (bicyclic) bond motifs is 1. The predicted molar refractivity (Wildman–Crippen MR) is 182 cm³/mol. The third-order valence-electron chi connectivity index (χ3n) is 8.68. The number of amides is 3. The van der Waals surface area contributed by atoms with Crippen molar-refractivity contribution in [2.75, 3.05) is 49.1 Å². The Morgan fingerprint density at radius 3 is 2.57 bits per heavy atom. The molecule has 0 aromatic heterocycles. The Kier molecular flexibility index (Phi) is 12.1. The summed E-state index contributed by atoms with van der Waals surface area (Å²) in [6.45, 7) is 10.1. The molecule has 1 saturated heterocycles. The van der Waals surface area contributed by atoms with Crippen molar-refractivity contribution in [3.8, 4) is 0 Å². The molecule has 2 aromatic carbocycles. The number of hydrogen-bond acceptors (Lipinski definition) is 6. The number of aliphatic hydroxyl groups excluding tert-OH is 1. The van der Waals surface area contributed by atoms with Crippen LogP contribution < -0.4 is 15.1 Å². The SMILES string of the molecule is CC(C)=CCC/C(C)=C/CN1C(=O)[C@](O)([C@H](C)/C=C/CC(=O)N(CCO)Cc2ccccc2)c2cc(N3CCNCC3=O)ccc21. The molecule has 46 heavy (non-hydrogen) atoms. The fourth-order valence-electron chi connectivity index (χ4n) is 5.96. The first kappa shape index (κ1) is 34.8. The van der Waals surface area contributed by atoms with Crippen molar-refractivity contribution in [1.82, 2.24) is 10.2 Å². The molecule has 2 heterocycles. The second-order valence-corrected chi connectivity index (χ2v) is 12.4. The van der Waals surface area contributed by atoms with Crippen LogP contribution in [0.25, 0.3) is 0 Å². The van der Waals surface area contributed by atoms with E-state index < -0.39 is 17.4 Å². The van der Waals surface area contributed by atoms with Crippen molar-refractivity contribution >= 4 is 29.1 Å². The number of benzene rings is 2. The first-order valence-electron chi connectivity index (χ1n) is 16.1. The maximum absolute atomic E-state index is 14.1. The van der Waals surface area contributed by atoms with Crippen LogP contribution in [0.2, 0.25) is 0 Å². The standard InChI is InChI=1S/C37H48N4O5/c1-27(2)10-8-11-28(3)18-20-41-33-17-16-31(40-21-19-38-25-35(40)44)24-32(33)37(46,36(41)45)29(4)12-9-15-34(43)39(22-23-42)26-30-13-6-5-7-14-30/h5-7,9-10,12-14,16-18,24,29,38,42,46H,8,11,15,19-23,25-26H2,1-4H3/b12-9+,28-18+/t29-,37+/m1/s1. The highest BCUT2D eigenvalue weighted by Crippen LogP contribution is 2.46.